The van der Waals surface area contributed by atoms with Crippen molar-refractivity contribution in [3.05, 3.63) is 48.0 Å². The maximum atomic E-state index is 10.4. The first kappa shape index (κ1) is 13.6. The van der Waals surface area contributed by atoms with Crippen LogP contribution in [0, 0.1) is 0 Å². The molecule has 102 valence electrons. The van der Waals surface area contributed by atoms with Crippen molar-refractivity contribution in [1.29, 1.82) is 0 Å². The second-order valence-electron chi connectivity index (χ2n) is 4.89. The van der Waals surface area contributed by atoms with Gasteiger partial charge in [0.05, 0.1) is 31.4 Å². The van der Waals surface area contributed by atoms with Crippen molar-refractivity contribution in [3.8, 4) is 5.75 Å². The van der Waals surface area contributed by atoms with Crippen LogP contribution in [0.2, 0.25) is 0 Å². The van der Waals surface area contributed by atoms with Gasteiger partial charge in [-0.15, -0.1) is 0 Å². The van der Waals surface area contributed by atoms with Crippen LogP contribution in [0.5, 0.6) is 5.75 Å². The number of hydrogen-bond donors (Lipinski definition) is 1. The van der Waals surface area contributed by atoms with Gasteiger partial charge in [0.1, 0.15) is 5.75 Å². The number of rotatable bonds is 5. The van der Waals surface area contributed by atoms with Gasteiger partial charge in [0.2, 0.25) is 0 Å². The molecule has 0 aliphatic rings. The second-order valence-corrected chi connectivity index (χ2v) is 4.89. The minimum absolute atomic E-state index is 0.289. The Morgan fingerprint density at radius 1 is 1.37 bits per heavy atom. The van der Waals surface area contributed by atoms with Crippen LogP contribution in [0.15, 0.2) is 36.8 Å². The van der Waals surface area contributed by atoms with Gasteiger partial charge in [-0.1, -0.05) is 12.1 Å². The maximum absolute atomic E-state index is 10.4. The summed E-state index contributed by atoms with van der Waals surface area (Å²) in [4.78, 5) is 4.12. The van der Waals surface area contributed by atoms with Crippen LogP contribution < -0.4 is 4.74 Å². The highest BCUT2D eigenvalue weighted by Gasteiger charge is 2.15. The Labute approximate surface area is 113 Å². The van der Waals surface area contributed by atoms with E-state index in [4.69, 9.17) is 4.74 Å². The van der Waals surface area contributed by atoms with Crippen molar-refractivity contribution in [1.82, 2.24) is 9.55 Å². The molecular formula is C15H20N2O2. The topological polar surface area (TPSA) is 47.3 Å². The van der Waals surface area contributed by atoms with Crippen LogP contribution >= 0.6 is 0 Å². The molecule has 19 heavy (non-hydrogen) atoms. The number of ether oxygens (including phenoxy) is 1. The Bertz CT molecular complexity index is 534. The van der Waals surface area contributed by atoms with E-state index in [1.54, 1.807) is 19.6 Å². The van der Waals surface area contributed by atoms with Gasteiger partial charge >= 0.3 is 0 Å². The first-order valence-corrected chi connectivity index (χ1v) is 6.44. The van der Waals surface area contributed by atoms with Crippen molar-refractivity contribution in [3.63, 3.8) is 0 Å². The molecular weight excluding hydrogens is 240 g/mol. The molecule has 0 spiro atoms. The summed E-state index contributed by atoms with van der Waals surface area (Å²) in [5.41, 5.74) is 1.89. The van der Waals surface area contributed by atoms with E-state index in [2.05, 4.69) is 18.8 Å². The number of methoxy groups -OCH3 is 1. The van der Waals surface area contributed by atoms with Gasteiger partial charge < -0.3 is 14.4 Å². The van der Waals surface area contributed by atoms with Gasteiger partial charge in [0.15, 0.2) is 0 Å². The highest BCUT2D eigenvalue weighted by Crippen LogP contribution is 2.22. The van der Waals surface area contributed by atoms with E-state index in [0.29, 0.717) is 6.42 Å². The molecule has 0 amide bonds. The molecule has 1 heterocycles. The highest BCUT2D eigenvalue weighted by molar-refractivity contribution is 5.29. The first-order chi connectivity index (χ1) is 9.11. The van der Waals surface area contributed by atoms with Gasteiger partial charge in [-0.25, -0.2) is 4.98 Å². The van der Waals surface area contributed by atoms with Crippen LogP contribution in [0.1, 0.15) is 37.3 Å². The van der Waals surface area contributed by atoms with E-state index >= 15 is 0 Å². The molecule has 2 rings (SSSR count). The van der Waals surface area contributed by atoms with Crippen LogP contribution in [0.4, 0.5) is 0 Å². The minimum Gasteiger partial charge on any atom is -0.497 e. The SMILES string of the molecule is COc1cccc(CC(O)c2cncn2C(C)C)c1. The Balaban J connectivity index is 2.16. The smallest absolute Gasteiger partial charge is 0.119 e. The lowest BCUT2D eigenvalue weighted by atomic mass is 10.1. The van der Waals surface area contributed by atoms with E-state index in [0.717, 1.165) is 17.0 Å². The lowest BCUT2D eigenvalue weighted by Gasteiger charge is -2.16. The van der Waals surface area contributed by atoms with E-state index in [9.17, 15) is 5.11 Å². The first-order valence-electron chi connectivity index (χ1n) is 6.44. The molecule has 0 fully saturated rings. The zero-order valence-electron chi connectivity index (χ0n) is 11.6. The summed E-state index contributed by atoms with van der Waals surface area (Å²) in [6.07, 6.45) is 3.48. The van der Waals surface area contributed by atoms with Gasteiger partial charge in [0, 0.05) is 12.5 Å². The number of aliphatic hydroxyl groups is 1. The fourth-order valence-corrected chi connectivity index (χ4v) is 2.13. The average Bonchev–Trinajstić information content (AvgIpc) is 2.88. The fourth-order valence-electron chi connectivity index (χ4n) is 2.13. The average molecular weight is 260 g/mol. The van der Waals surface area contributed by atoms with Crippen molar-refractivity contribution in [2.45, 2.75) is 32.4 Å². The summed E-state index contributed by atoms with van der Waals surface area (Å²) in [5, 5.41) is 10.4. The van der Waals surface area contributed by atoms with E-state index in [-0.39, 0.29) is 6.04 Å². The molecule has 1 atom stereocenters. The monoisotopic (exact) mass is 260 g/mol. The maximum Gasteiger partial charge on any atom is 0.119 e. The van der Waals surface area contributed by atoms with Crippen molar-refractivity contribution in [2.24, 2.45) is 0 Å². The Morgan fingerprint density at radius 2 is 2.16 bits per heavy atom. The molecule has 0 saturated heterocycles. The number of imidazole rings is 1. The summed E-state index contributed by atoms with van der Waals surface area (Å²) >= 11 is 0. The standard InChI is InChI=1S/C15H20N2O2/c1-11(2)17-10-16-9-14(17)15(18)8-12-5-4-6-13(7-12)19-3/h4-7,9-11,15,18H,8H2,1-3H3. The molecule has 4 heteroatoms. The molecule has 0 saturated carbocycles. The number of benzene rings is 1. The van der Waals surface area contributed by atoms with Crippen LogP contribution in [0.25, 0.3) is 0 Å². The molecule has 0 aliphatic heterocycles. The van der Waals surface area contributed by atoms with Crippen molar-refractivity contribution >= 4 is 0 Å². The van der Waals surface area contributed by atoms with Crippen LogP contribution in [-0.2, 0) is 6.42 Å². The van der Waals surface area contributed by atoms with E-state index < -0.39 is 6.10 Å². The summed E-state index contributed by atoms with van der Waals surface area (Å²) in [6.45, 7) is 4.15. The summed E-state index contributed by atoms with van der Waals surface area (Å²) in [5.74, 6) is 0.807. The van der Waals surface area contributed by atoms with Gasteiger partial charge in [-0.05, 0) is 31.5 Å². The van der Waals surface area contributed by atoms with Crippen molar-refractivity contribution in [2.75, 3.05) is 7.11 Å². The molecule has 0 radical (unpaired) electrons. The zero-order chi connectivity index (χ0) is 13.8. The zero-order valence-corrected chi connectivity index (χ0v) is 11.6. The predicted octanol–water partition coefficient (Wildman–Crippen LogP) is 2.75. The third-order valence-electron chi connectivity index (χ3n) is 3.16. The molecule has 1 N–H and O–H groups in total. The third-order valence-corrected chi connectivity index (χ3v) is 3.16. The molecule has 2 aromatic rings. The summed E-state index contributed by atoms with van der Waals surface area (Å²) in [6, 6.07) is 8.05. The molecule has 4 nitrogen and oxygen atoms in total. The molecule has 1 aromatic carbocycles. The van der Waals surface area contributed by atoms with E-state index in [1.165, 1.54) is 0 Å². The van der Waals surface area contributed by atoms with Gasteiger partial charge in [-0.3, -0.25) is 0 Å². The third kappa shape index (κ3) is 3.15. The summed E-state index contributed by atoms with van der Waals surface area (Å²) < 4.78 is 7.18. The minimum atomic E-state index is -0.558. The lowest BCUT2D eigenvalue weighted by Crippen LogP contribution is -2.11. The fraction of sp³-hybridized carbons (Fsp3) is 0.400. The Hall–Kier alpha value is -1.81. The highest BCUT2D eigenvalue weighted by atomic mass is 16.5. The number of aromatic nitrogens is 2. The predicted molar refractivity (Wildman–Crippen MR) is 74.3 cm³/mol. The number of aliphatic hydroxyl groups excluding tert-OH is 1. The normalized spacial score (nSPS) is 12.7. The number of nitrogens with zero attached hydrogens (tertiary/aromatic N) is 2. The molecule has 0 aliphatic carbocycles. The van der Waals surface area contributed by atoms with Crippen molar-refractivity contribution < 1.29 is 9.84 Å². The van der Waals surface area contributed by atoms with Gasteiger partial charge in [0.25, 0.3) is 0 Å². The summed E-state index contributed by atoms with van der Waals surface area (Å²) in [7, 11) is 1.64. The van der Waals surface area contributed by atoms with Crippen LogP contribution in [-0.4, -0.2) is 21.8 Å². The van der Waals surface area contributed by atoms with E-state index in [1.807, 2.05) is 28.8 Å². The Kier molecular flexibility index (Phi) is 4.22. The largest absolute Gasteiger partial charge is 0.497 e. The Morgan fingerprint density at radius 3 is 2.84 bits per heavy atom. The second kappa shape index (κ2) is 5.89. The molecule has 0 bridgehead atoms. The molecule has 1 aromatic heterocycles. The van der Waals surface area contributed by atoms with Gasteiger partial charge in [-0.2, -0.15) is 0 Å². The molecule has 1 unspecified atom stereocenters. The van der Waals surface area contributed by atoms with Crippen LogP contribution in [0.3, 0.4) is 0 Å². The quantitative estimate of drug-likeness (QED) is 0.899. The lowest BCUT2D eigenvalue weighted by molar-refractivity contribution is 0.167. The number of hydrogen-bond acceptors (Lipinski definition) is 3.